The largest absolute Gasteiger partial charge is 0.462 e. The van der Waals surface area contributed by atoms with Gasteiger partial charge in [0, 0.05) is 17.8 Å². The summed E-state index contributed by atoms with van der Waals surface area (Å²) in [6, 6.07) is 0. The van der Waals surface area contributed by atoms with Crippen molar-refractivity contribution in [2.75, 3.05) is 6.61 Å². The second-order valence-corrected chi connectivity index (χ2v) is 9.76. The van der Waals surface area contributed by atoms with Crippen molar-refractivity contribution in [1.29, 1.82) is 0 Å². The van der Waals surface area contributed by atoms with Crippen LogP contribution in [0.2, 0.25) is 0 Å². The van der Waals surface area contributed by atoms with Crippen molar-refractivity contribution in [3.63, 3.8) is 0 Å². The Morgan fingerprint density at radius 3 is 2.65 bits per heavy atom. The maximum absolute atomic E-state index is 11.9. The van der Waals surface area contributed by atoms with E-state index in [1.165, 1.54) is 0 Å². The van der Waals surface area contributed by atoms with E-state index in [9.17, 15) is 15.0 Å². The first-order chi connectivity index (χ1) is 12.3. The lowest BCUT2D eigenvalue weighted by Crippen LogP contribution is -2.64. The van der Waals surface area contributed by atoms with Crippen LogP contribution in [0.1, 0.15) is 65.7 Å². The van der Waals surface area contributed by atoms with Crippen LogP contribution in [0.4, 0.5) is 0 Å². The van der Waals surface area contributed by atoms with Gasteiger partial charge in [-0.05, 0) is 55.8 Å². The van der Waals surface area contributed by atoms with Crippen molar-refractivity contribution in [2.45, 2.75) is 90.1 Å². The molecule has 0 aromatic carbocycles. The number of hydrogen-bond donors (Lipinski definition) is 2. The van der Waals surface area contributed by atoms with Crippen LogP contribution in [0.25, 0.3) is 0 Å². The molecule has 1 aliphatic heterocycles. The van der Waals surface area contributed by atoms with Crippen molar-refractivity contribution in [2.24, 2.45) is 28.6 Å². The van der Waals surface area contributed by atoms with Gasteiger partial charge in [-0.25, -0.2) is 0 Å². The van der Waals surface area contributed by atoms with Gasteiger partial charge in [0.1, 0.15) is 6.10 Å². The highest BCUT2D eigenvalue weighted by Crippen LogP contribution is 2.62. The molecule has 5 nitrogen and oxygen atoms in total. The van der Waals surface area contributed by atoms with Crippen molar-refractivity contribution < 1.29 is 24.5 Å². The average Bonchev–Trinajstić information content (AvgIpc) is 2.93. The lowest BCUT2D eigenvalue weighted by molar-refractivity contribution is -0.253. The molecule has 9 atom stereocenters. The average molecular weight is 366 g/mol. The van der Waals surface area contributed by atoms with E-state index in [0.717, 1.165) is 38.5 Å². The van der Waals surface area contributed by atoms with Crippen LogP contribution < -0.4 is 0 Å². The highest BCUT2D eigenvalue weighted by molar-refractivity contribution is 5.69. The zero-order chi connectivity index (χ0) is 18.7. The van der Waals surface area contributed by atoms with Crippen LogP contribution in [0.15, 0.2) is 0 Å². The van der Waals surface area contributed by atoms with E-state index in [1.807, 2.05) is 6.92 Å². The van der Waals surface area contributed by atoms with Gasteiger partial charge in [-0.1, -0.05) is 20.8 Å². The SMILES string of the molecule is CCC(=O)O[C@H]1CC[C@H]2[C@@H]3[C@@H](O)C[C@H]4C[C@@H](O)CC[C@]4(C)[C@H]3OC[C@]12C. The first kappa shape index (κ1) is 18.7. The second kappa shape index (κ2) is 6.46. The van der Waals surface area contributed by atoms with Crippen LogP contribution in [-0.2, 0) is 14.3 Å². The topological polar surface area (TPSA) is 76.0 Å². The van der Waals surface area contributed by atoms with E-state index in [4.69, 9.17) is 9.47 Å². The third kappa shape index (κ3) is 2.65. The van der Waals surface area contributed by atoms with E-state index >= 15 is 0 Å². The maximum atomic E-state index is 11.9. The summed E-state index contributed by atoms with van der Waals surface area (Å²) in [4.78, 5) is 11.9. The second-order valence-electron chi connectivity index (χ2n) is 9.76. The molecule has 0 radical (unpaired) electrons. The van der Waals surface area contributed by atoms with Crippen molar-refractivity contribution in [1.82, 2.24) is 0 Å². The molecular weight excluding hydrogens is 332 g/mol. The maximum Gasteiger partial charge on any atom is 0.305 e. The van der Waals surface area contributed by atoms with Crippen LogP contribution >= 0.6 is 0 Å². The van der Waals surface area contributed by atoms with Crippen LogP contribution in [0.5, 0.6) is 0 Å². The van der Waals surface area contributed by atoms with Crippen molar-refractivity contribution >= 4 is 5.97 Å². The molecule has 0 spiro atoms. The van der Waals surface area contributed by atoms with Crippen molar-refractivity contribution in [3.8, 4) is 0 Å². The van der Waals surface area contributed by atoms with E-state index in [0.29, 0.717) is 24.9 Å². The number of carbonyl (C=O) groups excluding carboxylic acids is 1. The fourth-order valence-corrected chi connectivity index (χ4v) is 6.77. The highest BCUT2D eigenvalue weighted by atomic mass is 16.5. The molecule has 1 saturated heterocycles. The minimum Gasteiger partial charge on any atom is -0.462 e. The molecule has 0 bridgehead atoms. The minimum absolute atomic E-state index is 0.0304. The molecule has 0 amide bonds. The van der Waals surface area contributed by atoms with Gasteiger partial charge in [-0.15, -0.1) is 0 Å². The van der Waals surface area contributed by atoms with Gasteiger partial charge in [-0.2, -0.15) is 0 Å². The Bertz CT molecular complexity index is 565. The summed E-state index contributed by atoms with van der Waals surface area (Å²) in [6.07, 6.45) is 4.88. The molecule has 26 heavy (non-hydrogen) atoms. The molecule has 1 heterocycles. The number of ether oxygens (including phenoxy) is 2. The summed E-state index contributed by atoms with van der Waals surface area (Å²) >= 11 is 0. The number of aliphatic hydroxyl groups excluding tert-OH is 2. The number of rotatable bonds is 2. The van der Waals surface area contributed by atoms with E-state index in [-0.39, 0.29) is 41.0 Å². The summed E-state index contributed by atoms with van der Waals surface area (Å²) < 4.78 is 12.2. The number of aliphatic hydroxyl groups is 2. The van der Waals surface area contributed by atoms with Gasteiger partial charge in [0.05, 0.1) is 24.9 Å². The molecular formula is C21H34O5. The molecule has 2 N–H and O–H groups in total. The van der Waals surface area contributed by atoms with Gasteiger partial charge < -0.3 is 19.7 Å². The summed E-state index contributed by atoms with van der Waals surface area (Å²) in [7, 11) is 0. The Labute approximate surface area is 156 Å². The van der Waals surface area contributed by atoms with E-state index in [1.54, 1.807) is 0 Å². The predicted molar refractivity (Wildman–Crippen MR) is 96.3 cm³/mol. The monoisotopic (exact) mass is 366 g/mol. The first-order valence-electron chi connectivity index (χ1n) is 10.5. The number of fused-ring (bicyclic) bond motifs is 5. The van der Waals surface area contributed by atoms with Gasteiger partial charge in [0.25, 0.3) is 0 Å². The highest BCUT2D eigenvalue weighted by Gasteiger charge is 2.64. The molecule has 148 valence electrons. The van der Waals surface area contributed by atoms with Crippen LogP contribution in [0, 0.1) is 28.6 Å². The Kier molecular flexibility index (Phi) is 4.64. The quantitative estimate of drug-likeness (QED) is 0.735. The lowest BCUT2D eigenvalue weighted by atomic mass is 9.50. The number of hydrogen-bond acceptors (Lipinski definition) is 5. The molecule has 4 aliphatic rings. The molecule has 3 aliphatic carbocycles. The molecule has 0 aromatic heterocycles. The summed E-state index contributed by atoms with van der Waals surface area (Å²) in [6.45, 7) is 6.91. The molecule has 0 unspecified atom stereocenters. The Balaban J connectivity index is 1.59. The minimum atomic E-state index is -0.395. The zero-order valence-corrected chi connectivity index (χ0v) is 16.3. The summed E-state index contributed by atoms with van der Waals surface area (Å²) in [5.74, 6) is 0.615. The molecule has 4 rings (SSSR count). The molecule has 0 aromatic rings. The molecule has 3 saturated carbocycles. The third-order valence-corrected chi connectivity index (χ3v) is 8.40. The first-order valence-corrected chi connectivity index (χ1v) is 10.5. The molecule has 4 fully saturated rings. The van der Waals surface area contributed by atoms with E-state index < -0.39 is 6.10 Å². The van der Waals surface area contributed by atoms with Gasteiger partial charge >= 0.3 is 5.97 Å². The fraction of sp³-hybridized carbons (Fsp3) is 0.952. The fourth-order valence-electron chi connectivity index (χ4n) is 6.77. The third-order valence-electron chi connectivity index (χ3n) is 8.40. The molecule has 5 heteroatoms. The number of esters is 1. The van der Waals surface area contributed by atoms with Crippen molar-refractivity contribution in [3.05, 3.63) is 0 Å². The standard InChI is InChI=1S/C21H34O5/c1-4-17(24)26-16-6-5-14-18-15(23)10-12-9-13(22)7-8-20(12,2)19(18)25-11-21(14,16)3/h12-16,18-19,22-23H,4-11H2,1-3H3/t12-,13+,14+,15+,16+,18-,19+,20+,21+/m1/s1. The lowest BCUT2D eigenvalue weighted by Gasteiger charge is -2.61. The Morgan fingerprint density at radius 2 is 1.92 bits per heavy atom. The van der Waals surface area contributed by atoms with Gasteiger partial charge in [-0.3, -0.25) is 4.79 Å². The van der Waals surface area contributed by atoms with Gasteiger partial charge in [0.15, 0.2) is 0 Å². The Hall–Kier alpha value is -0.650. The smallest absolute Gasteiger partial charge is 0.305 e. The van der Waals surface area contributed by atoms with E-state index in [2.05, 4.69) is 13.8 Å². The Morgan fingerprint density at radius 1 is 1.15 bits per heavy atom. The summed E-state index contributed by atoms with van der Waals surface area (Å²) in [5, 5.41) is 21.2. The van der Waals surface area contributed by atoms with Crippen LogP contribution in [-0.4, -0.2) is 47.2 Å². The summed E-state index contributed by atoms with van der Waals surface area (Å²) in [5.41, 5.74) is -0.174. The van der Waals surface area contributed by atoms with Crippen LogP contribution in [0.3, 0.4) is 0 Å². The predicted octanol–water partition coefficient (Wildman–Crippen LogP) is 2.67. The number of carbonyl (C=O) groups is 1. The van der Waals surface area contributed by atoms with Gasteiger partial charge in [0.2, 0.25) is 0 Å². The normalized spacial score (nSPS) is 53.3. The zero-order valence-electron chi connectivity index (χ0n) is 16.3.